The molecular weight excluding hydrogens is 355 g/mol. The average molecular weight is 384 g/mol. The number of fused-ring (bicyclic) bond motifs is 1. The molecule has 0 radical (unpaired) electrons. The topological polar surface area (TPSA) is 41.5 Å². The number of likely N-dealkylation sites (N-methyl/N-ethyl adjacent to an activating group) is 1. The molecule has 5 nitrogen and oxygen atoms in total. The molecule has 1 fully saturated rings. The van der Waals surface area contributed by atoms with E-state index in [0.717, 1.165) is 57.1 Å². The summed E-state index contributed by atoms with van der Waals surface area (Å²) >= 11 is 0. The summed E-state index contributed by atoms with van der Waals surface area (Å²) in [6.07, 6.45) is 6.39. The van der Waals surface area contributed by atoms with E-state index in [2.05, 4.69) is 16.8 Å². The molecule has 0 amide bonds. The van der Waals surface area contributed by atoms with Gasteiger partial charge in [0.05, 0.1) is 6.61 Å². The Bertz CT molecular complexity index is 783. The smallest absolute Gasteiger partial charge is 0.132 e. The highest BCUT2D eigenvalue weighted by molar-refractivity contribution is 5.22. The zero-order valence-electron chi connectivity index (χ0n) is 16.6. The van der Waals surface area contributed by atoms with Crippen LogP contribution in [0.1, 0.15) is 42.3 Å². The van der Waals surface area contributed by atoms with Crippen molar-refractivity contribution in [1.82, 2.24) is 19.8 Å². The molecule has 1 atom stereocenters. The Morgan fingerprint density at radius 1 is 1.21 bits per heavy atom. The van der Waals surface area contributed by atoms with Crippen molar-refractivity contribution in [2.24, 2.45) is 0 Å². The number of likely N-dealkylation sites (tertiary alicyclic amines) is 1. The molecule has 0 bridgehead atoms. The van der Waals surface area contributed by atoms with E-state index >= 15 is 0 Å². The van der Waals surface area contributed by atoms with Gasteiger partial charge in [-0.25, -0.2) is 14.4 Å². The number of ether oxygens (including phenoxy) is 1. The molecule has 1 aromatic heterocycles. The highest BCUT2D eigenvalue weighted by Gasteiger charge is 2.25. The first-order valence-electron chi connectivity index (χ1n) is 10.3. The summed E-state index contributed by atoms with van der Waals surface area (Å²) in [6, 6.07) is 6.22. The Labute approximate surface area is 166 Å². The second-order valence-electron chi connectivity index (χ2n) is 7.98. The zero-order chi connectivity index (χ0) is 19.3. The fourth-order valence-corrected chi connectivity index (χ4v) is 4.15. The summed E-state index contributed by atoms with van der Waals surface area (Å²) in [7, 11) is 2.15. The molecule has 3 heterocycles. The number of aromatic nitrogens is 2. The van der Waals surface area contributed by atoms with Crippen LogP contribution in [0.15, 0.2) is 30.5 Å². The third-order valence-corrected chi connectivity index (χ3v) is 5.72. The molecule has 4 rings (SSSR count). The summed E-state index contributed by atoms with van der Waals surface area (Å²) in [4.78, 5) is 14.5. The summed E-state index contributed by atoms with van der Waals surface area (Å²) < 4.78 is 18.6. The summed E-state index contributed by atoms with van der Waals surface area (Å²) in [5.41, 5.74) is 2.52. The van der Waals surface area contributed by atoms with E-state index in [1.54, 1.807) is 12.1 Å². The van der Waals surface area contributed by atoms with Gasteiger partial charge < -0.3 is 14.5 Å². The Morgan fingerprint density at radius 2 is 2.07 bits per heavy atom. The van der Waals surface area contributed by atoms with Crippen LogP contribution in [0, 0.1) is 5.82 Å². The number of halogens is 1. The van der Waals surface area contributed by atoms with Crippen LogP contribution in [-0.4, -0.2) is 59.6 Å². The van der Waals surface area contributed by atoms with Crippen LogP contribution in [0.2, 0.25) is 0 Å². The van der Waals surface area contributed by atoms with E-state index in [1.807, 2.05) is 6.20 Å². The number of piperidine rings is 1. The maximum atomic E-state index is 12.9. The third-order valence-electron chi connectivity index (χ3n) is 5.72. The summed E-state index contributed by atoms with van der Waals surface area (Å²) in [6.45, 7) is 5.84. The lowest BCUT2D eigenvalue weighted by molar-refractivity contribution is 0.186. The molecule has 6 heteroatoms. The molecule has 0 N–H and O–H groups in total. The van der Waals surface area contributed by atoms with Gasteiger partial charge in [-0.2, -0.15) is 0 Å². The Morgan fingerprint density at radius 3 is 2.93 bits per heavy atom. The molecule has 2 aliphatic heterocycles. The van der Waals surface area contributed by atoms with Crippen molar-refractivity contribution in [2.75, 3.05) is 39.8 Å². The van der Waals surface area contributed by atoms with Crippen molar-refractivity contribution < 1.29 is 9.13 Å². The Hall–Kier alpha value is -2.05. The lowest BCUT2D eigenvalue weighted by Crippen LogP contribution is -2.36. The molecule has 2 aliphatic rings. The molecular formula is C22H29FN4O. The van der Waals surface area contributed by atoms with Crippen LogP contribution in [0.3, 0.4) is 0 Å². The van der Waals surface area contributed by atoms with Crippen molar-refractivity contribution in [1.29, 1.82) is 0 Å². The van der Waals surface area contributed by atoms with Crippen molar-refractivity contribution in [3.63, 3.8) is 0 Å². The monoisotopic (exact) mass is 384 g/mol. The predicted molar refractivity (Wildman–Crippen MR) is 107 cm³/mol. The molecule has 0 unspecified atom stereocenters. The van der Waals surface area contributed by atoms with Gasteiger partial charge in [-0.05, 0) is 57.1 Å². The summed E-state index contributed by atoms with van der Waals surface area (Å²) in [5, 5.41) is 0. The van der Waals surface area contributed by atoms with Gasteiger partial charge in [-0.3, -0.25) is 0 Å². The quantitative estimate of drug-likeness (QED) is 0.715. The van der Waals surface area contributed by atoms with Gasteiger partial charge in [0.25, 0.3) is 0 Å². The molecule has 150 valence electrons. The maximum Gasteiger partial charge on any atom is 0.132 e. The first kappa shape index (κ1) is 19.3. The van der Waals surface area contributed by atoms with Crippen molar-refractivity contribution in [3.05, 3.63) is 53.4 Å². The van der Waals surface area contributed by atoms with Crippen LogP contribution in [0.4, 0.5) is 4.39 Å². The fourth-order valence-electron chi connectivity index (χ4n) is 4.15. The standard InChI is InChI=1S/C22H29FN4O/c1-26-12-9-21-18(15-26)14-24-22(25-21)17-4-2-10-27(16-17)11-3-13-28-20-7-5-19(23)6-8-20/h5-8,14,17H,2-4,9-13,15-16H2,1H3/t17-/m1/s1. The molecule has 2 aromatic rings. The average Bonchev–Trinajstić information content (AvgIpc) is 2.72. The van der Waals surface area contributed by atoms with Gasteiger partial charge >= 0.3 is 0 Å². The normalized spacial score (nSPS) is 20.7. The van der Waals surface area contributed by atoms with Gasteiger partial charge in [0.2, 0.25) is 0 Å². The molecule has 1 saturated heterocycles. The molecule has 28 heavy (non-hydrogen) atoms. The van der Waals surface area contributed by atoms with Crippen LogP contribution in [0.5, 0.6) is 5.75 Å². The number of rotatable bonds is 6. The molecule has 1 aromatic carbocycles. The van der Waals surface area contributed by atoms with E-state index < -0.39 is 0 Å². The van der Waals surface area contributed by atoms with E-state index in [-0.39, 0.29) is 5.82 Å². The predicted octanol–water partition coefficient (Wildman–Crippen LogP) is 3.25. The van der Waals surface area contributed by atoms with Gasteiger partial charge in [-0.15, -0.1) is 0 Å². The van der Waals surface area contributed by atoms with Gasteiger partial charge in [-0.1, -0.05) is 0 Å². The number of benzene rings is 1. The van der Waals surface area contributed by atoms with E-state index in [0.29, 0.717) is 12.5 Å². The van der Waals surface area contributed by atoms with E-state index in [4.69, 9.17) is 14.7 Å². The first-order chi connectivity index (χ1) is 13.7. The minimum Gasteiger partial charge on any atom is -0.494 e. The molecule has 0 saturated carbocycles. The van der Waals surface area contributed by atoms with Crippen LogP contribution in [-0.2, 0) is 13.0 Å². The highest BCUT2D eigenvalue weighted by atomic mass is 19.1. The number of hydrogen-bond donors (Lipinski definition) is 0. The number of hydrogen-bond acceptors (Lipinski definition) is 5. The Balaban J connectivity index is 1.27. The van der Waals surface area contributed by atoms with Crippen molar-refractivity contribution >= 4 is 0 Å². The lowest BCUT2D eigenvalue weighted by atomic mass is 9.96. The van der Waals surface area contributed by atoms with Crippen LogP contribution in [0.25, 0.3) is 0 Å². The lowest BCUT2D eigenvalue weighted by Gasteiger charge is -2.32. The minimum atomic E-state index is -0.233. The molecule has 0 aliphatic carbocycles. The number of nitrogens with zero attached hydrogens (tertiary/aromatic N) is 4. The second-order valence-corrected chi connectivity index (χ2v) is 7.98. The van der Waals surface area contributed by atoms with Gasteiger partial charge in [0.15, 0.2) is 0 Å². The van der Waals surface area contributed by atoms with Crippen molar-refractivity contribution in [2.45, 2.75) is 38.1 Å². The minimum absolute atomic E-state index is 0.233. The maximum absolute atomic E-state index is 12.9. The SMILES string of the molecule is CN1CCc2nc([C@@H]3CCCN(CCCOc4ccc(F)cc4)C3)ncc2C1. The second kappa shape index (κ2) is 8.97. The Kier molecular flexibility index (Phi) is 6.17. The van der Waals surface area contributed by atoms with Gasteiger partial charge in [0, 0.05) is 56.0 Å². The van der Waals surface area contributed by atoms with Crippen molar-refractivity contribution in [3.8, 4) is 5.75 Å². The zero-order valence-corrected chi connectivity index (χ0v) is 16.6. The van der Waals surface area contributed by atoms with E-state index in [9.17, 15) is 4.39 Å². The van der Waals surface area contributed by atoms with Crippen LogP contribution >= 0.6 is 0 Å². The highest BCUT2D eigenvalue weighted by Crippen LogP contribution is 2.26. The van der Waals surface area contributed by atoms with E-state index in [1.165, 1.54) is 36.2 Å². The first-order valence-corrected chi connectivity index (χ1v) is 10.3. The third kappa shape index (κ3) is 4.86. The largest absolute Gasteiger partial charge is 0.494 e. The fraction of sp³-hybridized carbons (Fsp3) is 0.545. The van der Waals surface area contributed by atoms with Gasteiger partial charge in [0.1, 0.15) is 17.4 Å². The molecule has 0 spiro atoms. The van der Waals surface area contributed by atoms with Crippen LogP contribution < -0.4 is 4.74 Å². The summed E-state index contributed by atoms with van der Waals surface area (Å²) in [5.74, 6) is 1.95.